The van der Waals surface area contributed by atoms with E-state index in [-0.39, 0.29) is 0 Å². The zero-order chi connectivity index (χ0) is 16.8. The highest BCUT2D eigenvalue weighted by Crippen LogP contribution is 2.21. The Morgan fingerprint density at radius 3 is 2.70 bits per heavy atom. The van der Waals surface area contributed by atoms with Crippen LogP contribution < -0.4 is 11.0 Å². The van der Waals surface area contributed by atoms with Crippen molar-refractivity contribution < 1.29 is 0 Å². The fraction of sp³-hybridized carbons (Fsp3) is 0.353. The Labute approximate surface area is 141 Å². The van der Waals surface area contributed by atoms with Gasteiger partial charge in [0.25, 0.3) is 0 Å². The normalized spacial score (nSPS) is 15.1. The lowest BCUT2D eigenvalue weighted by atomic mass is 10.1. The van der Waals surface area contributed by atoms with Crippen LogP contribution in [-0.2, 0) is 0 Å². The van der Waals surface area contributed by atoms with Crippen molar-refractivity contribution in [3.63, 3.8) is 0 Å². The summed E-state index contributed by atoms with van der Waals surface area (Å²) in [5.74, 6) is 0.522. The van der Waals surface area contributed by atoms with Gasteiger partial charge < -0.3 is 5.43 Å². The van der Waals surface area contributed by atoms with Crippen molar-refractivity contribution in [1.82, 2.24) is 25.6 Å². The van der Waals surface area contributed by atoms with Crippen LogP contribution in [0.25, 0.3) is 4.83 Å². The van der Waals surface area contributed by atoms with Crippen molar-refractivity contribution >= 4 is 16.2 Å². The number of aromatic nitrogens is 2. The molecule has 4 rings (SSSR count). The fourth-order valence-electron chi connectivity index (χ4n) is 2.23. The first-order valence-corrected chi connectivity index (χ1v) is 8.82. The molecule has 0 aliphatic carbocycles. The minimum Gasteiger partial charge on any atom is -0.305 e. The van der Waals surface area contributed by atoms with Crippen LogP contribution in [0, 0.1) is 12.8 Å². The largest absolute Gasteiger partial charge is 0.305 e. The number of fused-ring (bicyclic) bond motifs is 2. The molecule has 6 heteroatoms. The van der Waals surface area contributed by atoms with Gasteiger partial charge in [-0.3, -0.25) is 5.01 Å². The third-order valence-electron chi connectivity index (χ3n) is 3.33. The molecule has 0 spiro atoms. The number of hydrogen-bond donors (Lipinski definition) is 2. The Morgan fingerprint density at radius 1 is 1.22 bits per heavy atom. The minimum atomic E-state index is 0.522. The fourth-order valence-corrected chi connectivity index (χ4v) is 2.99. The molecule has 2 aliphatic rings. The van der Waals surface area contributed by atoms with Crippen LogP contribution in [0.4, 0.5) is 0 Å². The molecule has 0 saturated carbocycles. The Morgan fingerprint density at radius 2 is 2.00 bits per heavy atom. The molecule has 0 aromatic carbocycles. The van der Waals surface area contributed by atoms with Crippen LogP contribution >= 0.6 is 11.3 Å². The zero-order valence-corrected chi connectivity index (χ0v) is 15.2. The van der Waals surface area contributed by atoms with Gasteiger partial charge in [0.1, 0.15) is 4.83 Å². The third-order valence-corrected chi connectivity index (χ3v) is 4.32. The molecular formula is C17H25N5S. The van der Waals surface area contributed by atoms with Gasteiger partial charge in [-0.05, 0) is 25.0 Å². The van der Waals surface area contributed by atoms with E-state index in [1.54, 1.807) is 11.3 Å². The minimum absolute atomic E-state index is 0.522. The van der Waals surface area contributed by atoms with Gasteiger partial charge in [-0.25, -0.2) is 4.52 Å². The molecule has 0 unspecified atom stereocenters. The maximum absolute atomic E-state index is 4.11. The number of hydrazine groups is 2. The first kappa shape index (κ1) is 17.3. The average molecular weight is 331 g/mol. The lowest BCUT2D eigenvalue weighted by Crippen LogP contribution is -2.34. The van der Waals surface area contributed by atoms with E-state index in [1.165, 1.54) is 21.8 Å². The molecule has 5 nitrogen and oxygen atoms in total. The summed E-state index contributed by atoms with van der Waals surface area (Å²) in [5.41, 5.74) is 9.93. The molecular weight excluding hydrogens is 306 g/mol. The van der Waals surface area contributed by atoms with Crippen LogP contribution in [0.3, 0.4) is 0 Å². The van der Waals surface area contributed by atoms with Crippen LogP contribution in [0.5, 0.6) is 0 Å². The molecule has 2 aromatic rings. The van der Waals surface area contributed by atoms with Crippen molar-refractivity contribution in [3.05, 3.63) is 59.2 Å². The topological polar surface area (TPSA) is 44.6 Å². The summed E-state index contributed by atoms with van der Waals surface area (Å²) in [7, 11) is 0. The first-order valence-electron chi connectivity index (χ1n) is 7.94. The summed E-state index contributed by atoms with van der Waals surface area (Å²) < 4.78 is 1.89. The van der Waals surface area contributed by atoms with Crippen LogP contribution in [0.15, 0.2) is 53.6 Å². The summed E-state index contributed by atoms with van der Waals surface area (Å²) in [4.78, 5) is 1.25. The van der Waals surface area contributed by atoms with E-state index in [2.05, 4.69) is 42.9 Å². The van der Waals surface area contributed by atoms with E-state index in [9.17, 15) is 0 Å². The zero-order valence-electron chi connectivity index (χ0n) is 14.4. The molecule has 23 heavy (non-hydrogen) atoms. The van der Waals surface area contributed by atoms with Gasteiger partial charge in [-0.2, -0.15) is 5.10 Å². The number of nitrogens with zero attached hydrogens (tertiary/aromatic N) is 3. The molecule has 0 bridgehead atoms. The summed E-state index contributed by atoms with van der Waals surface area (Å²) in [6.07, 6.45) is 12.0. The smallest absolute Gasteiger partial charge is 0.122 e. The maximum Gasteiger partial charge on any atom is 0.122 e. The lowest BCUT2D eigenvalue weighted by Gasteiger charge is -2.15. The monoisotopic (exact) mass is 331 g/mol. The predicted octanol–water partition coefficient (Wildman–Crippen LogP) is 3.99. The standard InChI is InChI=1S/C9H13N3.C6H6N2S.C2H6/c1-7(2)9-8-5-3-4-6-12(8)11-10-9;1-5-4-7-8-2-3-9-6(5)8;1-2/h3-7,10-11H,1-2H3;2-4H,1H3;1-2H3. The summed E-state index contributed by atoms with van der Waals surface area (Å²) in [6, 6.07) is 0. The number of rotatable bonds is 1. The van der Waals surface area contributed by atoms with Crippen LogP contribution in [0.2, 0.25) is 0 Å². The number of aryl methyl sites for hydroxylation is 1. The summed E-state index contributed by atoms with van der Waals surface area (Å²) in [6.45, 7) is 10.4. The molecule has 0 amide bonds. The number of allylic oxidation sites excluding steroid dienone is 4. The molecule has 0 radical (unpaired) electrons. The lowest BCUT2D eigenvalue weighted by molar-refractivity contribution is 0.345. The molecule has 0 saturated heterocycles. The highest BCUT2D eigenvalue weighted by molar-refractivity contribution is 7.15. The second kappa shape index (κ2) is 7.99. The van der Waals surface area contributed by atoms with Gasteiger partial charge in [-0.1, -0.05) is 33.8 Å². The Kier molecular flexibility index (Phi) is 6.01. The Bertz CT molecular complexity index is 720. The van der Waals surface area contributed by atoms with E-state index in [0.29, 0.717) is 5.92 Å². The second-order valence-corrected chi connectivity index (χ2v) is 6.14. The molecule has 2 aromatic heterocycles. The van der Waals surface area contributed by atoms with E-state index in [4.69, 9.17) is 0 Å². The predicted molar refractivity (Wildman–Crippen MR) is 97.4 cm³/mol. The third kappa shape index (κ3) is 3.83. The van der Waals surface area contributed by atoms with Crippen molar-refractivity contribution in [2.45, 2.75) is 34.6 Å². The summed E-state index contributed by atoms with van der Waals surface area (Å²) >= 11 is 1.72. The van der Waals surface area contributed by atoms with E-state index < -0.39 is 0 Å². The van der Waals surface area contributed by atoms with Gasteiger partial charge in [0.2, 0.25) is 0 Å². The highest BCUT2D eigenvalue weighted by Gasteiger charge is 2.20. The maximum atomic E-state index is 4.11. The van der Waals surface area contributed by atoms with Gasteiger partial charge in [0.05, 0.1) is 17.6 Å². The molecule has 0 fully saturated rings. The number of hydrogen-bond acceptors (Lipinski definition) is 5. The Balaban J connectivity index is 0.000000155. The van der Waals surface area contributed by atoms with E-state index >= 15 is 0 Å². The molecule has 4 heterocycles. The van der Waals surface area contributed by atoms with Gasteiger partial charge in [-0.15, -0.1) is 16.9 Å². The van der Waals surface area contributed by atoms with E-state index in [1.807, 2.05) is 59.5 Å². The SMILES string of the molecule is CC.CC(C)C1=C2C=CC=CN2NN1.Cc1cnn2ccsc12. The average Bonchev–Trinajstić information content (AvgIpc) is 3.27. The first-order chi connectivity index (χ1) is 11.2. The molecule has 2 aliphatic heterocycles. The van der Waals surface area contributed by atoms with Crippen molar-refractivity contribution in [1.29, 1.82) is 0 Å². The van der Waals surface area contributed by atoms with Crippen molar-refractivity contribution in [2.75, 3.05) is 0 Å². The van der Waals surface area contributed by atoms with Crippen molar-refractivity contribution in [3.8, 4) is 0 Å². The second-order valence-electron chi connectivity index (χ2n) is 5.24. The number of thiazole rings is 1. The van der Waals surface area contributed by atoms with Crippen LogP contribution in [-0.4, -0.2) is 14.6 Å². The summed E-state index contributed by atoms with van der Waals surface area (Å²) in [5, 5.41) is 8.12. The van der Waals surface area contributed by atoms with Crippen molar-refractivity contribution in [2.24, 2.45) is 5.92 Å². The molecule has 124 valence electrons. The Hall–Kier alpha value is -2.05. The quantitative estimate of drug-likeness (QED) is 0.829. The highest BCUT2D eigenvalue weighted by atomic mass is 32.1. The van der Waals surface area contributed by atoms with Crippen LogP contribution in [0.1, 0.15) is 33.3 Å². The van der Waals surface area contributed by atoms with E-state index in [0.717, 1.165) is 0 Å². The van der Waals surface area contributed by atoms with Gasteiger partial charge in [0.15, 0.2) is 0 Å². The molecule has 0 atom stereocenters. The van der Waals surface area contributed by atoms with Gasteiger partial charge in [0, 0.05) is 23.3 Å². The number of nitrogens with one attached hydrogen (secondary N) is 2. The van der Waals surface area contributed by atoms with Gasteiger partial charge >= 0.3 is 0 Å². The molecule has 2 N–H and O–H groups in total.